The lowest BCUT2D eigenvalue weighted by Crippen LogP contribution is -2.64. The molecule has 4 rings (SSSR count). The summed E-state index contributed by atoms with van der Waals surface area (Å²) in [4.78, 5) is 13.2. The molecule has 0 aromatic heterocycles. The molecule has 3 nitrogen and oxygen atoms in total. The van der Waals surface area contributed by atoms with Gasteiger partial charge in [0.25, 0.3) is 0 Å². The number of hydrogen-bond donors (Lipinski definition) is 1. The van der Waals surface area contributed by atoms with Crippen LogP contribution in [-0.2, 0) is 9.53 Å². The SMILES string of the molecule is C=C(C)/C=C/C[C@@H](C)[C@H]1CC[C@@]2(C)[C@@H]3[C@@H](OC)C=C4C(CC[C@H](O)C4(C)C)[C@]3(C=O)CC[C@]12C. The Morgan fingerprint density at radius 2 is 1.88 bits per heavy atom. The molecule has 0 spiro atoms. The maximum Gasteiger partial charge on any atom is 0.127 e. The minimum Gasteiger partial charge on any atom is -0.392 e. The summed E-state index contributed by atoms with van der Waals surface area (Å²) in [5.74, 6) is 1.65. The number of aliphatic hydroxyl groups excluding tert-OH is 1. The number of methoxy groups -OCH3 is 1. The Morgan fingerprint density at radius 3 is 2.50 bits per heavy atom. The van der Waals surface area contributed by atoms with Gasteiger partial charge in [-0.15, -0.1) is 0 Å². The molecule has 0 radical (unpaired) electrons. The number of carbonyl (C=O) groups excluding carboxylic acids is 1. The van der Waals surface area contributed by atoms with Crippen molar-refractivity contribution in [3.8, 4) is 0 Å². The zero-order valence-electron chi connectivity index (χ0n) is 22.7. The summed E-state index contributed by atoms with van der Waals surface area (Å²) in [5, 5.41) is 10.8. The summed E-state index contributed by atoms with van der Waals surface area (Å²) in [6.45, 7) is 17.8. The van der Waals surface area contributed by atoms with Crippen LogP contribution >= 0.6 is 0 Å². The third-order valence-electron chi connectivity index (χ3n) is 11.5. The number of fused-ring (bicyclic) bond motifs is 5. The van der Waals surface area contributed by atoms with Crippen molar-refractivity contribution in [3.63, 3.8) is 0 Å². The van der Waals surface area contributed by atoms with Crippen LogP contribution < -0.4 is 0 Å². The van der Waals surface area contributed by atoms with Crippen LogP contribution in [0.3, 0.4) is 0 Å². The average molecular weight is 469 g/mol. The van der Waals surface area contributed by atoms with Crippen molar-refractivity contribution < 1.29 is 14.6 Å². The van der Waals surface area contributed by atoms with Gasteiger partial charge in [-0.25, -0.2) is 0 Å². The van der Waals surface area contributed by atoms with Crippen molar-refractivity contribution in [3.05, 3.63) is 36.0 Å². The van der Waals surface area contributed by atoms with Gasteiger partial charge < -0.3 is 14.6 Å². The van der Waals surface area contributed by atoms with Crippen molar-refractivity contribution in [2.75, 3.05) is 7.11 Å². The molecular weight excluding hydrogens is 420 g/mol. The van der Waals surface area contributed by atoms with E-state index in [1.807, 2.05) is 7.11 Å². The first kappa shape index (κ1) is 25.9. The number of aliphatic hydroxyl groups is 1. The van der Waals surface area contributed by atoms with Gasteiger partial charge in [0.15, 0.2) is 0 Å². The molecule has 34 heavy (non-hydrogen) atoms. The first-order valence-corrected chi connectivity index (χ1v) is 13.6. The molecule has 0 aromatic carbocycles. The highest BCUT2D eigenvalue weighted by Crippen LogP contribution is 2.74. The molecule has 0 amide bonds. The number of allylic oxidation sites excluding steroid dienone is 3. The molecule has 0 saturated heterocycles. The zero-order chi connectivity index (χ0) is 25.1. The summed E-state index contributed by atoms with van der Waals surface area (Å²) in [5.41, 5.74) is 1.90. The van der Waals surface area contributed by atoms with Gasteiger partial charge in [-0.3, -0.25) is 0 Å². The topological polar surface area (TPSA) is 46.5 Å². The van der Waals surface area contributed by atoms with Gasteiger partial charge in [0.2, 0.25) is 0 Å². The molecule has 3 heteroatoms. The second kappa shape index (κ2) is 8.73. The average Bonchev–Trinajstić information content (AvgIpc) is 3.06. The molecule has 3 saturated carbocycles. The largest absolute Gasteiger partial charge is 0.392 e. The maximum atomic E-state index is 13.2. The lowest BCUT2D eigenvalue weighted by molar-refractivity contribution is -0.186. The van der Waals surface area contributed by atoms with E-state index >= 15 is 0 Å². The van der Waals surface area contributed by atoms with Crippen LogP contribution in [0.25, 0.3) is 0 Å². The van der Waals surface area contributed by atoms with Gasteiger partial charge >= 0.3 is 0 Å². The van der Waals surface area contributed by atoms with Crippen LogP contribution in [0.4, 0.5) is 0 Å². The molecule has 190 valence electrons. The predicted octanol–water partition coefficient (Wildman–Crippen LogP) is 6.91. The summed E-state index contributed by atoms with van der Waals surface area (Å²) in [7, 11) is 1.82. The first-order valence-electron chi connectivity index (χ1n) is 13.6. The summed E-state index contributed by atoms with van der Waals surface area (Å²) in [6.07, 6.45) is 14.9. The third-order valence-corrected chi connectivity index (χ3v) is 11.5. The highest BCUT2D eigenvalue weighted by Gasteiger charge is 2.70. The van der Waals surface area contributed by atoms with Crippen molar-refractivity contribution in [2.45, 2.75) is 98.7 Å². The highest BCUT2D eigenvalue weighted by atomic mass is 16.5. The quantitative estimate of drug-likeness (QED) is 0.262. The summed E-state index contributed by atoms with van der Waals surface area (Å²) in [6, 6.07) is 0. The van der Waals surface area contributed by atoms with Gasteiger partial charge in [0.05, 0.1) is 12.2 Å². The number of aldehydes is 1. The number of hydrogen-bond acceptors (Lipinski definition) is 3. The Morgan fingerprint density at radius 1 is 1.18 bits per heavy atom. The standard InChI is InChI=1S/C31H48O3/c1-20(2)10-9-11-21(3)22-14-15-30(7)27-25(34-8)18-24-23(12-13-26(33)28(24,4)5)31(27,19-32)17-16-29(22,30)6/h9-10,18-19,21-23,25-27,33H,1,11-17H2,2-8H3/b10-9+/t21-,22-,23?,25+,26+,27+,29-,30+,31-/m1/s1. The van der Waals surface area contributed by atoms with Crippen LogP contribution in [0.1, 0.15) is 86.5 Å². The normalized spacial score (nSPS) is 46.2. The second-order valence-electron chi connectivity index (χ2n) is 13.3. The van der Waals surface area contributed by atoms with Gasteiger partial charge in [-0.2, -0.15) is 0 Å². The van der Waals surface area contributed by atoms with Gasteiger partial charge in [0.1, 0.15) is 6.29 Å². The van der Waals surface area contributed by atoms with E-state index in [1.54, 1.807) is 0 Å². The molecule has 1 unspecified atom stereocenters. The maximum absolute atomic E-state index is 13.2. The van der Waals surface area contributed by atoms with E-state index in [0.717, 1.165) is 44.1 Å². The molecule has 3 fully saturated rings. The third kappa shape index (κ3) is 3.47. The van der Waals surface area contributed by atoms with Crippen molar-refractivity contribution >= 4 is 6.29 Å². The monoisotopic (exact) mass is 468 g/mol. The Kier molecular flexibility index (Phi) is 6.65. The Hall–Kier alpha value is -1.19. The number of carbonyl (C=O) groups is 1. The van der Waals surface area contributed by atoms with Crippen molar-refractivity contribution in [1.29, 1.82) is 0 Å². The molecule has 0 bridgehead atoms. The van der Waals surface area contributed by atoms with Gasteiger partial charge in [-0.05, 0) is 80.5 Å². The molecule has 0 aromatic rings. The molecule has 9 atom stereocenters. The van der Waals surface area contributed by atoms with Crippen LogP contribution in [0, 0.1) is 45.3 Å². The molecule has 4 aliphatic carbocycles. The van der Waals surface area contributed by atoms with Crippen LogP contribution in [-0.4, -0.2) is 30.7 Å². The molecular formula is C31H48O3. The molecule has 0 heterocycles. The molecule has 1 N–H and O–H groups in total. The smallest absolute Gasteiger partial charge is 0.127 e. The van der Waals surface area contributed by atoms with E-state index in [1.165, 1.54) is 18.3 Å². The van der Waals surface area contributed by atoms with E-state index in [9.17, 15) is 9.90 Å². The summed E-state index contributed by atoms with van der Waals surface area (Å²) < 4.78 is 6.23. The fourth-order valence-corrected chi connectivity index (χ4v) is 9.37. The van der Waals surface area contributed by atoms with Crippen molar-refractivity contribution in [1.82, 2.24) is 0 Å². The fraction of sp³-hybridized carbons (Fsp3) is 0.774. The van der Waals surface area contributed by atoms with Crippen LogP contribution in [0.15, 0.2) is 36.0 Å². The van der Waals surface area contributed by atoms with E-state index < -0.39 is 5.41 Å². The minimum atomic E-state index is -0.394. The van der Waals surface area contributed by atoms with Crippen LogP contribution in [0.2, 0.25) is 0 Å². The Bertz CT molecular complexity index is 883. The predicted molar refractivity (Wildman–Crippen MR) is 139 cm³/mol. The van der Waals surface area contributed by atoms with E-state index in [0.29, 0.717) is 11.8 Å². The van der Waals surface area contributed by atoms with Crippen LogP contribution in [0.5, 0.6) is 0 Å². The van der Waals surface area contributed by atoms with E-state index in [2.05, 4.69) is 66.3 Å². The van der Waals surface area contributed by atoms with E-state index in [-0.39, 0.29) is 40.3 Å². The number of ether oxygens (including phenoxy) is 1. The van der Waals surface area contributed by atoms with Gasteiger partial charge in [0, 0.05) is 23.9 Å². The van der Waals surface area contributed by atoms with Gasteiger partial charge in [-0.1, -0.05) is 70.6 Å². The molecule has 0 aliphatic heterocycles. The lowest BCUT2D eigenvalue weighted by Gasteiger charge is -2.66. The highest BCUT2D eigenvalue weighted by molar-refractivity contribution is 5.65. The molecule has 4 aliphatic rings. The Labute approximate surface area is 208 Å². The first-order chi connectivity index (χ1) is 15.9. The fourth-order valence-electron chi connectivity index (χ4n) is 9.37. The lowest BCUT2D eigenvalue weighted by atomic mass is 9.38. The second-order valence-corrected chi connectivity index (χ2v) is 13.3. The number of rotatable bonds is 6. The summed E-state index contributed by atoms with van der Waals surface area (Å²) >= 11 is 0. The minimum absolute atomic E-state index is 0.0477. The Balaban J connectivity index is 1.76. The zero-order valence-corrected chi connectivity index (χ0v) is 22.7. The van der Waals surface area contributed by atoms with E-state index in [4.69, 9.17) is 4.74 Å². The van der Waals surface area contributed by atoms with Crippen molar-refractivity contribution in [2.24, 2.45) is 45.3 Å².